The zero-order chi connectivity index (χ0) is 9.60. The van der Waals surface area contributed by atoms with Crippen LogP contribution >= 0.6 is 11.8 Å². The molecule has 2 atom stereocenters. The van der Waals surface area contributed by atoms with E-state index >= 15 is 0 Å². The van der Waals surface area contributed by atoms with E-state index in [0.717, 1.165) is 5.92 Å². The quantitative estimate of drug-likeness (QED) is 0.610. The molecule has 0 N–H and O–H groups in total. The minimum atomic E-state index is 0.516. The van der Waals surface area contributed by atoms with E-state index in [4.69, 9.17) is 0 Å². The smallest absolute Gasteiger partial charge is 0.0248 e. The van der Waals surface area contributed by atoms with Crippen LogP contribution in [0.4, 0.5) is 0 Å². The van der Waals surface area contributed by atoms with Gasteiger partial charge in [-0.25, -0.2) is 0 Å². The van der Waals surface area contributed by atoms with E-state index in [1.54, 1.807) is 10.5 Å². The second kappa shape index (κ2) is 3.03. The summed E-state index contributed by atoms with van der Waals surface area (Å²) in [5.41, 5.74) is 1.62. The number of hydrogen-bond acceptors (Lipinski definition) is 1. The summed E-state index contributed by atoms with van der Waals surface area (Å²) < 4.78 is 0.516. The van der Waals surface area contributed by atoms with Crippen LogP contribution in [0.25, 0.3) is 0 Å². The zero-order valence-electron chi connectivity index (χ0n) is 8.62. The highest BCUT2D eigenvalue weighted by molar-refractivity contribution is 8.01. The summed E-state index contributed by atoms with van der Waals surface area (Å²) >= 11 is 2.12. The molecule has 0 nitrogen and oxygen atoms in total. The second-order valence-corrected chi connectivity index (χ2v) is 6.33. The van der Waals surface area contributed by atoms with E-state index in [1.165, 1.54) is 25.7 Å². The Morgan fingerprint density at radius 1 is 1.29 bits per heavy atom. The number of fused-ring (bicyclic) bond motifs is 3. The first-order chi connectivity index (χ1) is 6.80. The second-order valence-electron chi connectivity index (χ2n) is 4.75. The number of thioether (sulfide) groups is 1. The lowest BCUT2D eigenvalue weighted by molar-refractivity contribution is 0.373. The van der Waals surface area contributed by atoms with Crippen LogP contribution in [0.15, 0.2) is 29.2 Å². The van der Waals surface area contributed by atoms with Crippen LogP contribution in [0, 0.1) is 0 Å². The summed E-state index contributed by atoms with van der Waals surface area (Å²) in [7, 11) is 0. The Kier molecular flexibility index (Phi) is 1.91. The third-order valence-electron chi connectivity index (χ3n) is 3.79. The minimum Gasteiger partial charge on any atom is -0.119 e. The van der Waals surface area contributed by atoms with Crippen LogP contribution in [0.1, 0.15) is 44.1 Å². The predicted molar refractivity (Wildman–Crippen MR) is 61.9 cm³/mol. The average Bonchev–Trinajstić information content (AvgIpc) is 2.49. The van der Waals surface area contributed by atoms with Gasteiger partial charge >= 0.3 is 0 Å². The molecular weight excluding hydrogens is 188 g/mol. The van der Waals surface area contributed by atoms with Gasteiger partial charge in [0.2, 0.25) is 0 Å². The lowest BCUT2D eigenvalue weighted by atomic mass is 9.76. The van der Waals surface area contributed by atoms with Crippen molar-refractivity contribution in [2.75, 3.05) is 0 Å². The fourth-order valence-corrected chi connectivity index (χ4v) is 4.63. The molecule has 1 heterocycles. The summed E-state index contributed by atoms with van der Waals surface area (Å²) in [5.74, 6) is 0.831. The Balaban J connectivity index is 2.07. The van der Waals surface area contributed by atoms with Gasteiger partial charge in [-0.1, -0.05) is 31.0 Å². The molecule has 3 rings (SSSR count). The van der Waals surface area contributed by atoms with Gasteiger partial charge in [-0.05, 0) is 37.3 Å². The van der Waals surface area contributed by atoms with Crippen molar-refractivity contribution >= 4 is 11.8 Å². The van der Waals surface area contributed by atoms with Gasteiger partial charge < -0.3 is 0 Å². The van der Waals surface area contributed by atoms with Crippen molar-refractivity contribution in [2.24, 2.45) is 0 Å². The molecule has 1 heteroatoms. The van der Waals surface area contributed by atoms with E-state index in [9.17, 15) is 0 Å². The molecule has 2 unspecified atom stereocenters. The van der Waals surface area contributed by atoms with Crippen LogP contribution in [0.2, 0.25) is 0 Å². The third kappa shape index (κ3) is 1.15. The minimum absolute atomic E-state index is 0.516. The lowest BCUT2D eigenvalue weighted by Gasteiger charge is -2.35. The van der Waals surface area contributed by atoms with Crippen molar-refractivity contribution in [3.63, 3.8) is 0 Å². The van der Waals surface area contributed by atoms with Gasteiger partial charge in [0.1, 0.15) is 0 Å². The molecule has 14 heavy (non-hydrogen) atoms. The molecule has 74 valence electrons. The first kappa shape index (κ1) is 8.84. The van der Waals surface area contributed by atoms with Gasteiger partial charge in [0, 0.05) is 9.64 Å². The SMILES string of the molecule is CC12CCCCC1c1ccccc1S2. The van der Waals surface area contributed by atoms with Crippen molar-refractivity contribution in [3.05, 3.63) is 29.8 Å². The molecule has 1 aliphatic heterocycles. The zero-order valence-corrected chi connectivity index (χ0v) is 9.44. The molecule has 0 radical (unpaired) electrons. The maximum atomic E-state index is 2.46. The molecule has 1 fully saturated rings. The van der Waals surface area contributed by atoms with Gasteiger partial charge in [-0.2, -0.15) is 0 Å². The fraction of sp³-hybridized carbons (Fsp3) is 0.538. The highest BCUT2D eigenvalue weighted by Crippen LogP contribution is 2.58. The third-order valence-corrected chi connectivity index (χ3v) is 5.34. The predicted octanol–water partition coefficient (Wildman–Crippen LogP) is 4.21. The van der Waals surface area contributed by atoms with E-state index in [-0.39, 0.29) is 0 Å². The maximum Gasteiger partial charge on any atom is 0.0248 e. The van der Waals surface area contributed by atoms with Gasteiger partial charge in [0.05, 0.1) is 0 Å². The van der Waals surface area contributed by atoms with Crippen LogP contribution in [-0.2, 0) is 0 Å². The number of hydrogen-bond donors (Lipinski definition) is 0. The summed E-state index contributed by atoms with van der Waals surface area (Å²) in [5, 5.41) is 0. The Morgan fingerprint density at radius 3 is 3.07 bits per heavy atom. The van der Waals surface area contributed by atoms with Crippen LogP contribution in [0.5, 0.6) is 0 Å². The standard InChI is InChI=1S/C13H16S/c1-13-9-5-4-7-11(13)10-6-2-3-8-12(10)14-13/h2-3,6,8,11H,4-5,7,9H2,1H3. The van der Waals surface area contributed by atoms with Crippen molar-refractivity contribution < 1.29 is 0 Å². The van der Waals surface area contributed by atoms with Gasteiger partial charge in [0.25, 0.3) is 0 Å². The van der Waals surface area contributed by atoms with Crippen LogP contribution in [-0.4, -0.2) is 4.75 Å². The Labute approximate surface area is 90.1 Å². The number of rotatable bonds is 0. The largest absolute Gasteiger partial charge is 0.119 e. The van der Waals surface area contributed by atoms with Gasteiger partial charge in [0.15, 0.2) is 0 Å². The lowest BCUT2D eigenvalue weighted by Crippen LogP contribution is -2.28. The van der Waals surface area contributed by atoms with Crippen LogP contribution in [0.3, 0.4) is 0 Å². The highest BCUT2D eigenvalue weighted by Gasteiger charge is 2.44. The summed E-state index contributed by atoms with van der Waals surface area (Å²) in [6.45, 7) is 2.46. The van der Waals surface area contributed by atoms with Crippen LogP contribution < -0.4 is 0 Å². The topological polar surface area (TPSA) is 0 Å². The van der Waals surface area contributed by atoms with Crippen molar-refractivity contribution in [1.82, 2.24) is 0 Å². The van der Waals surface area contributed by atoms with Crippen molar-refractivity contribution in [1.29, 1.82) is 0 Å². The molecule has 2 aliphatic rings. The maximum absolute atomic E-state index is 2.46. The summed E-state index contributed by atoms with van der Waals surface area (Å²) in [6.07, 6.45) is 5.65. The molecule has 0 aromatic heterocycles. The van der Waals surface area contributed by atoms with E-state index < -0.39 is 0 Å². The highest BCUT2D eigenvalue weighted by atomic mass is 32.2. The summed E-state index contributed by atoms with van der Waals surface area (Å²) in [4.78, 5) is 1.54. The number of benzene rings is 1. The monoisotopic (exact) mass is 204 g/mol. The molecule has 0 bridgehead atoms. The molecule has 0 amide bonds. The van der Waals surface area contributed by atoms with Crippen molar-refractivity contribution in [3.8, 4) is 0 Å². The van der Waals surface area contributed by atoms with E-state index in [1.807, 2.05) is 0 Å². The molecule has 1 aromatic carbocycles. The Morgan fingerprint density at radius 2 is 2.14 bits per heavy atom. The normalized spacial score (nSPS) is 35.1. The van der Waals surface area contributed by atoms with E-state index in [2.05, 4.69) is 43.0 Å². The first-order valence-electron chi connectivity index (χ1n) is 5.57. The van der Waals surface area contributed by atoms with Crippen molar-refractivity contribution in [2.45, 2.75) is 48.2 Å². The molecule has 1 aliphatic carbocycles. The Bertz CT molecular complexity index is 358. The van der Waals surface area contributed by atoms with Gasteiger partial charge in [-0.3, -0.25) is 0 Å². The first-order valence-corrected chi connectivity index (χ1v) is 6.39. The van der Waals surface area contributed by atoms with Gasteiger partial charge in [-0.15, -0.1) is 11.8 Å². The summed E-state index contributed by atoms with van der Waals surface area (Å²) in [6, 6.07) is 9.00. The van der Waals surface area contributed by atoms with E-state index in [0.29, 0.717) is 4.75 Å². The molecule has 0 spiro atoms. The molecule has 0 saturated heterocycles. The molecular formula is C13H16S. The molecule has 1 aromatic rings. The average molecular weight is 204 g/mol. The molecule has 1 saturated carbocycles. The Hall–Kier alpha value is -0.430. The fourth-order valence-electron chi connectivity index (χ4n) is 3.02.